The topological polar surface area (TPSA) is 41.8 Å². The summed E-state index contributed by atoms with van der Waals surface area (Å²) in [7, 11) is 0. The van der Waals surface area contributed by atoms with E-state index in [0.717, 1.165) is 18.5 Å². The molecule has 3 heteroatoms. The van der Waals surface area contributed by atoms with Gasteiger partial charge in [-0.1, -0.05) is 115 Å². The number of carbonyl (C=O) groups excluding carboxylic acids is 1. The first-order valence-electron chi connectivity index (χ1n) is 11.3. The van der Waals surface area contributed by atoms with E-state index < -0.39 is 0 Å². The predicted molar refractivity (Wildman–Crippen MR) is 116 cm³/mol. The van der Waals surface area contributed by atoms with Gasteiger partial charge in [0.1, 0.15) is 0 Å². The van der Waals surface area contributed by atoms with Crippen molar-refractivity contribution in [3.05, 3.63) is 30.3 Å². The van der Waals surface area contributed by atoms with Gasteiger partial charge in [0.25, 0.3) is 5.91 Å². The van der Waals surface area contributed by atoms with Gasteiger partial charge in [-0.05, 0) is 18.6 Å². The van der Waals surface area contributed by atoms with Gasteiger partial charge < -0.3 is 0 Å². The SMILES string of the molecule is CCCCCCCCCCCCCCCCCC(=O)N=Nc1ccccc1. The molecule has 1 aromatic carbocycles. The molecule has 0 bridgehead atoms. The van der Waals surface area contributed by atoms with Crippen molar-refractivity contribution < 1.29 is 4.79 Å². The molecule has 0 aliphatic rings. The molecule has 0 spiro atoms. The van der Waals surface area contributed by atoms with Crippen molar-refractivity contribution in [2.75, 3.05) is 0 Å². The highest BCUT2D eigenvalue weighted by Gasteiger charge is 2.00. The van der Waals surface area contributed by atoms with Crippen LogP contribution in [0.15, 0.2) is 40.6 Å². The summed E-state index contributed by atoms with van der Waals surface area (Å²) in [4.78, 5) is 11.7. The lowest BCUT2D eigenvalue weighted by Gasteiger charge is -2.03. The fraction of sp³-hybridized carbons (Fsp3) is 0.708. The molecular formula is C24H40N2O. The maximum atomic E-state index is 11.7. The highest BCUT2D eigenvalue weighted by molar-refractivity contribution is 5.76. The standard InChI is InChI=1S/C24H40N2O/c1-2-3-4-5-6-7-8-9-10-11-12-13-14-15-19-22-24(27)26-25-23-20-17-16-18-21-23/h16-18,20-21H,2-15,19,22H2,1H3. The second-order valence-electron chi connectivity index (χ2n) is 7.63. The van der Waals surface area contributed by atoms with Gasteiger partial charge in [0, 0.05) is 6.42 Å². The van der Waals surface area contributed by atoms with E-state index in [0.29, 0.717) is 6.42 Å². The molecule has 0 aromatic heterocycles. The van der Waals surface area contributed by atoms with Gasteiger partial charge in [-0.2, -0.15) is 0 Å². The van der Waals surface area contributed by atoms with Crippen LogP contribution in [0.2, 0.25) is 0 Å². The first-order valence-corrected chi connectivity index (χ1v) is 11.3. The third-order valence-electron chi connectivity index (χ3n) is 5.03. The minimum Gasteiger partial charge on any atom is -0.271 e. The van der Waals surface area contributed by atoms with E-state index in [9.17, 15) is 4.79 Å². The highest BCUT2D eigenvalue weighted by atomic mass is 16.1. The summed E-state index contributed by atoms with van der Waals surface area (Å²) in [6.45, 7) is 2.28. The molecular weight excluding hydrogens is 332 g/mol. The Hall–Kier alpha value is -1.51. The highest BCUT2D eigenvalue weighted by Crippen LogP contribution is 2.14. The van der Waals surface area contributed by atoms with Crippen molar-refractivity contribution in [1.82, 2.24) is 0 Å². The summed E-state index contributed by atoms with van der Waals surface area (Å²) in [6.07, 6.45) is 20.6. The summed E-state index contributed by atoms with van der Waals surface area (Å²) in [6, 6.07) is 9.42. The van der Waals surface area contributed by atoms with E-state index in [-0.39, 0.29) is 5.91 Å². The number of nitrogens with zero attached hydrogens (tertiary/aromatic N) is 2. The Bertz CT molecular complexity index is 484. The molecule has 3 nitrogen and oxygen atoms in total. The number of benzene rings is 1. The molecule has 0 fully saturated rings. The van der Waals surface area contributed by atoms with Crippen molar-refractivity contribution in [1.29, 1.82) is 0 Å². The summed E-state index contributed by atoms with van der Waals surface area (Å²) in [5.41, 5.74) is 0.738. The molecule has 1 aromatic rings. The van der Waals surface area contributed by atoms with Gasteiger partial charge >= 0.3 is 0 Å². The smallest absolute Gasteiger partial charge is 0.264 e. The zero-order valence-electron chi connectivity index (χ0n) is 17.5. The van der Waals surface area contributed by atoms with Crippen LogP contribution in [0.4, 0.5) is 5.69 Å². The Morgan fingerprint density at radius 2 is 1.11 bits per heavy atom. The van der Waals surface area contributed by atoms with Gasteiger partial charge in [-0.3, -0.25) is 4.79 Å². The normalized spacial score (nSPS) is 11.3. The number of carbonyl (C=O) groups is 1. The number of amides is 1. The fourth-order valence-corrected chi connectivity index (χ4v) is 3.31. The Balaban J connectivity index is 1.81. The molecule has 1 amide bonds. The summed E-state index contributed by atoms with van der Waals surface area (Å²) in [5, 5.41) is 7.75. The van der Waals surface area contributed by atoms with Crippen LogP contribution in [0, 0.1) is 0 Å². The first kappa shape index (κ1) is 23.5. The molecule has 0 radical (unpaired) electrons. The minimum absolute atomic E-state index is 0.103. The van der Waals surface area contributed by atoms with Crippen LogP contribution in [0.25, 0.3) is 0 Å². The lowest BCUT2D eigenvalue weighted by Crippen LogP contribution is -1.91. The van der Waals surface area contributed by atoms with Gasteiger partial charge in [0.15, 0.2) is 0 Å². The summed E-state index contributed by atoms with van der Waals surface area (Å²) < 4.78 is 0. The molecule has 152 valence electrons. The monoisotopic (exact) mass is 372 g/mol. The third kappa shape index (κ3) is 15.3. The molecule has 0 saturated heterocycles. The van der Waals surface area contributed by atoms with Gasteiger partial charge in [-0.25, -0.2) is 0 Å². The Morgan fingerprint density at radius 1 is 0.667 bits per heavy atom. The lowest BCUT2D eigenvalue weighted by molar-refractivity contribution is -0.118. The zero-order chi connectivity index (χ0) is 19.4. The van der Waals surface area contributed by atoms with Crippen LogP contribution < -0.4 is 0 Å². The first-order chi connectivity index (χ1) is 13.3. The molecule has 0 heterocycles. The molecule has 0 aliphatic carbocycles. The number of hydrogen-bond donors (Lipinski definition) is 0. The molecule has 0 N–H and O–H groups in total. The van der Waals surface area contributed by atoms with Crippen LogP contribution in [-0.2, 0) is 4.79 Å². The number of hydrogen-bond acceptors (Lipinski definition) is 2. The maximum Gasteiger partial charge on any atom is 0.264 e. The van der Waals surface area contributed by atoms with Crippen LogP contribution in [0.5, 0.6) is 0 Å². The fourth-order valence-electron chi connectivity index (χ4n) is 3.31. The molecule has 0 unspecified atom stereocenters. The summed E-state index contributed by atoms with van der Waals surface area (Å²) in [5.74, 6) is -0.103. The maximum absolute atomic E-state index is 11.7. The number of unbranched alkanes of at least 4 members (excludes halogenated alkanes) is 14. The summed E-state index contributed by atoms with van der Waals surface area (Å²) >= 11 is 0. The van der Waals surface area contributed by atoms with Gasteiger partial charge in [0.2, 0.25) is 0 Å². The second-order valence-corrected chi connectivity index (χ2v) is 7.63. The average Bonchev–Trinajstić information content (AvgIpc) is 2.70. The average molecular weight is 373 g/mol. The second kappa shape index (κ2) is 17.9. The van der Waals surface area contributed by atoms with E-state index in [2.05, 4.69) is 17.2 Å². The van der Waals surface area contributed by atoms with Crippen molar-refractivity contribution in [3.63, 3.8) is 0 Å². The van der Waals surface area contributed by atoms with Crippen LogP contribution in [0.1, 0.15) is 110 Å². The van der Waals surface area contributed by atoms with Crippen molar-refractivity contribution in [3.8, 4) is 0 Å². The van der Waals surface area contributed by atoms with Crippen LogP contribution >= 0.6 is 0 Å². The van der Waals surface area contributed by atoms with E-state index >= 15 is 0 Å². The lowest BCUT2D eigenvalue weighted by atomic mass is 10.0. The Labute approximate surface area is 167 Å². The molecule has 27 heavy (non-hydrogen) atoms. The van der Waals surface area contributed by atoms with Crippen molar-refractivity contribution in [2.45, 2.75) is 110 Å². The van der Waals surface area contributed by atoms with Gasteiger partial charge in [0.05, 0.1) is 5.69 Å². The minimum atomic E-state index is -0.103. The van der Waals surface area contributed by atoms with Crippen LogP contribution in [0.3, 0.4) is 0 Å². The van der Waals surface area contributed by atoms with E-state index in [4.69, 9.17) is 0 Å². The quantitative estimate of drug-likeness (QED) is 0.199. The third-order valence-corrected chi connectivity index (χ3v) is 5.03. The van der Waals surface area contributed by atoms with Crippen LogP contribution in [-0.4, -0.2) is 5.91 Å². The number of azo groups is 1. The van der Waals surface area contributed by atoms with E-state index in [1.54, 1.807) is 0 Å². The Kier molecular flexibility index (Phi) is 15.6. The molecule has 0 saturated carbocycles. The predicted octanol–water partition coefficient (Wildman–Crippen LogP) is 8.56. The zero-order valence-corrected chi connectivity index (χ0v) is 17.5. The van der Waals surface area contributed by atoms with E-state index in [1.807, 2.05) is 30.3 Å². The van der Waals surface area contributed by atoms with Crippen molar-refractivity contribution >= 4 is 11.6 Å². The molecule has 1 rings (SSSR count). The largest absolute Gasteiger partial charge is 0.271 e. The van der Waals surface area contributed by atoms with Gasteiger partial charge in [-0.15, -0.1) is 10.2 Å². The molecule has 0 atom stereocenters. The Morgan fingerprint density at radius 3 is 1.59 bits per heavy atom. The number of rotatable bonds is 17. The molecule has 0 aliphatic heterocycles. The van der Waals surface area contributed by atoms with Crippen molar-refractivity contribution in [2.24, 2.45) is 10.2 Å². The van der Waals surface area contributed by atoms with E-state index in [1.165, 1.54) is 83.5 Å².